The van der Waals surface area contributed by atoms with Gasteiger partial charge < -0.3 is 15.0 Å². The summed E-state index contributed by atoms with van der Waals surface area (Å²) in [6.45, 7) is -0.0681. The first-order valence-corrected chi connectivity index (χ1v) is 9.58. The number of urea groups is 1. The second-order valence-electron chi connectivity index (χ2n) is 7.44. The maximum Gasteiger partial charge on any atom is 0.322 e. The smallest absolute Gasteiger partial charge is 0.322 e. The van der Waals surface area contributed by atoms with Crippen LogP contribution in [0.2, 0.25) is 0 Å². The molecule has 3 amide bonds. The number of aromatic nitrogens is 2. The summed E-state index contributed by atoms with van der Waals surface area (Å²) in [6.07, 6.45) is 5.00. The van der Waals surface area contributed by atoms with Crippen LogP contribution < -0.4 is 10.6 Å². The van der Waals surface area contributed by atoms with Crippen molar-refractivity contribution in [1.29, 1.82) is 0 Å². The lowest BCUT2D eigenvalue weighted by molar-refractivity contribution is -0.124. The third-order valence-corrected chi connectivity index (χ3v) is 5.56. The number of hydrogen-bond donors (Lipinski definition) is 3. The van der Waals surface area contributed by atoms with E-state index in [1.165, 1.54) is 16.7 Å². The molecule has 7 nitrogen and oxygen atoms in total. The zero-order valence-electron chi connectivity index (χ0n) is 16.2. The summed E-state index contributed by atoms with van der Waals surface area (Å²) < 4.78 is 15.1. The molecule has 5 rings (SSSR count). The summed E-state index contributed by atoms with van der Waals surface area (Å²) >= 11 is 0. The largest absolute Gasteiger partial charge is 0.494 e. The number of rotatable bonds is 4. The second kappa shape index (κ2) is 6.94. The highest BCUT2D eigenvalue weighted by molar-refractivity contribution is 6.07. The van der Waals surface area contributed by atoms with Gasteiger partial charge in [0.2, 0.25) is 0 Å². The molecule has 0 bridgehead atoms. The van der Waals surface area contributed by atoms with Crippen LogP contribution in [0.4, 0.5) is 9.18 Å². The average Bonchev–Trinajstić information content (AvgIpc) is 3.24. The monoisotopic (exact) mass is 416 g/mol. The predicted molar refractivity (Wildman–Crippen MR) is 112 cm³/mol. The minimum absolute atomic E-state index is 0.0681. The molecule has 3 N–H and O–H groups in total. The fourth-order valence-electron chi connectivity index (χ4n) is 3.98. The lowest BCUT2D eigenvalue weighted by Gasteiger charge is -2.27. The van der Waals surface area contributed by atoms with Crippen LogP contribution in [0.1, 0.15) is 5.56 Å². The third-order valence-electron chi connectivity index (χ3n) is 5.56. The summed E-state index contributed by atoms with van der Waals surface area (Å²) in [4.78, 5) is 28.9. The van der Waals surface area contributed by atoms with E-state index in [1.54, 1.807) is 36.8 Å². The zero-order chi connectivity index (χ0) is 21.6. The normalized spacial score (nSPS) is 18.2. The van der Waals surface area contributed by atoms with E-state index in [-0.39, 0.29) is 12.4 Å². The number of nitrogens with one attached hydrogen (secondary N) is 2. The van der Waals surface area contributed by atoms with Gasteiger partial charge in [-0.15, -0.1) is 0 Å². The van der Waals surface area contributed by atoms with Crippen molar-refractivity contribution in [2.24, 2.45) is 0 Å². The van der Waals surface area contributed by atoms with E-state index in [2.05, 4.69) is 15.6 Å². The van der Waals surface area contributed by atoms with E-state index in [9.17, 15) is 19.1 Å². The van der Waals surface area contributed by atoms with Gasteiger partial charge in [-0.2, -0.15) is 0 Å². The fourth-order valence-corrected chi connectivity index (χ4v) is 3.98. The highest BCUT2D eigenvalue weighted by Gasteiger charge is 2.48. The van der Waals surface area contributed by atoms with Crippen LogP contribution in [-0.2, 0) is 16.9 Å². The van der Waals surface area contributed by atoms with Crippen LogP contribution in [0.15, 0.2) is 73.2 Å². The maximum atomic E-state index is 13.6. The first kappa shape index (κ1) is 18.8. The molecule has 31 heavy (non-hydrogen) atoms. The maximum absolute atomic E-state index is 13.6. The topological polar surface area (TPSA) is 96.2 Å². The molecule has 2 aromatic heterocycles. The Labute approximate surface area is 176 Å². The van der Waals surface area contributed by atoms with Crippen molar-refractivity contribution in [1.82, 2.24) is 20.2 Å². The summed E-state index contributed by atoms with van der Waals surface area (Å²) in [6, 6.07) is 14.4. The summed E-state index contributed by atoms with van der Waals surface area (Å²) in [5.74, 6) is -1.19. The van der Waals surface area contributed by atoms with E-state index >= 15 is 0 Å². The molecule has 0 radical (unpaired) electrons. The SMILES string of the molecule is O=C1NC(=O)[C@](Cn2cc3ccc(F)cc3c2O)(c2ccc(-c3ccncc3)cc2)N1. The van der Waals surface area contributed by atoms with E-state index in [1.807, 2.05) is 24.3 Å². The number of carbonyl (C=O) groups excluding carboxylic acids is 2. The predicted octanol–water partition coefficient (Wildman–Crippen LogP) is 3.28. The van der Waals surface area contributed by atoms with Crippen molar-refractivity contribution in [2.75, 3.05) is 0 Å². The van der Waals surface area contributed by atoms with E-state index in [0.717, 1.165) is 11.1 Å². The van der Waals surface area contributed by atoms with Gasteiger partial charge in [0.05, 0.1) is 6.54 Å². The van der Waals surface area contributed by atoms with Gasteiger partial charge in [-0.1, -0.05) is 24.3 Å². The average molecular weight is 416 g/mol. The van der Waals surface area contributed by atoms with E-state index < -0.39 is 23.3 Å². The summed E-state index contributed by atoms with van der Waals surface area (Å²) in [5, 5.41) is 16.6. The quantitative estimate of drug-likeness (QED) is 0.445. The molecular formula is C23H17FN4O3. The van der Waals surface area contributed by atoms with Gasteiger partial charge >= 0.3 is 6.03 Å². The summed E-state index contributed by atoms with van der Waals surface area (Å²) in [5.41, 5.74) is 1.01. The standard InChI is InChI=1S/C23H17FN4O3/c24-18-6-3-16-12-28(20(29)19(16)11-18)13-23(21(30)26-22(31)27-23)17-4-1-14(2-5-17)15-7-9-25-10-8-15/h1-12,29H,13H2,(H2,26,27,30,31)/t23-/m0/s1. The highest BCUT2D eigenvalue weighted by atomic mass is 19.1. The number of amides is 3. The molecule has 0 spiro atoms. The number of carbonyl (C=O) groups is 2. The van der Waals surface area contributed by atoms with Crippen molar-refractivity contribution in [3.63, 3.8) is 0 Å². The minimum Gasteiger partial charge on any atom is -0.494 e. The first-order valence-electron chi connectivity index (χ1n) is 9.58. The third kappa shape index (κ3) is 3.09. The molecular weight excluding hydrogens is 399 g/mol. The number of halogens is 1. The number of nitrogens with zero attached hydrogens (tertiary/aromatic N) is 2. The van der Waals surface area contributed by atoms with Crippen LogP contribution in [-0.4, -0.2) is 26.6 Å². The second-order valence-corrected chi connectivity index (χ2v) is 7.44. The first-order chi connectivity index (χ1) is 15.0. The highest BCUT2D eigenvalue weighted by Crippen LogP contribution is 2.34. The van der Waals surface area contributed by atoms with Crippen LogP contribution in [0.25, 0.3) is 21.9 Å². The number of pyridine rings is 1. The van der Waals surface area contributed by atoms with Crippen molar-refractivity contribution < 1.29 is 19.1 Å². The van der Waals surface area contributed by atoms with Crippen molar-refractivity contribution in [2.45, 2.75) is 12.1 Å². The van der Waals surface area contributed by atoms with E-state index in [0.29, 0.717) is 16.3 Å². The summed E-state index contributed by atoms with van der Waals surface area (Å²) in [7, 11) is 0. The number of aromatic hydroxyl groups is 1. The van der Waals surface area contributed by atoms with E-state index in [4.69, 9.17) is 0 Å². The Hall–Kier alpha value is -4.20. The molecule has 1 atom stereocenters. The van der Waals surface area contributed by atoms with Crippen molar-refractivity contribution >= 4 is 22.7 Å². The van der Waals surface area contributed by atoms with Gasteiger partial charge in [0.15, 0.2) is 11.4 Å². The van der Waals surface area contributed by atoms with Gasteiger partial charge in [-0.05, 0) is 47.0 Å². The fraction of sp³-hybridized carbons (Fsp3) is 0.0870. The molecule has 154 valence electrons. The Morgan fingerprint density at radius 3 is 2.39 bits per heavy atom. The molecule has 1 saturated heterocycles. The molecule has 0 unspecified atom stereocenters. The number of imide groups is 1. The van der Waals surface area contributed by atoms with Gasteiger partial charge in [0.1, 0.15) is 5.82 Å². The molecule has 1 aliphatic rings. The molecule has 4 aromatic rings. The zero-order valence-corrected chi connectivity index (χ0v) is 16.2. The Morgan fingerprint density at radius 2 is 1.71 bits per heavy atom. The lowest BCUT2D eigenvalue weighted by atomic mass is 9.88. The van der Waals surface area contributed by atoms with Crippen LogP contribution >= 0.6 is 0 Å². The number of hydrogen-bond acceptors (Lipinski definition) is 4. The molecule has 3 heterocycles. The van der Waals surface area contributed by atoms with Gasteiger partial charge in [0.25, 0.3) is 5.91 Å². The molecule has 8 heteroatoms. The molecule has 1 fully saturated rings. The van der Waals surface area contributed by atoms with Crippen molar-refractivity contribution in [3.8, 4) is 17.0 Å². The van der Waals surface area contributed by atoms with Gasteiger partial charge in [0, 0.05) is 29.4 Å². The molecule has 1 aliphatic heterocycles. The van der Waals surface area contributed by atoms with Crippen molar-refractivity contribution in [3.05, 3.63) is 84.6 Å². The van der Waals surface area contributed by atoms with Gasteiger partial charge in [-0.3, -0.25) is 15.1 Å². The minimum atomic E-state index is -1.43. The molecule has 0 saturated carbocycles. The molecule has 2 aromatic carbocycles. The Morgan fingerprint density at radius 1 is 1.00 bits per heavy atom. The van der Waals surface area contributed by atoms with Gasteiger partial charge in [-0.25, -0.2) is 9.18 Å². The van der Waals surface area contributed by atoms with Crippen LogP contribution in [0.3, 0.4) is 0 Å². The van der Waals surface area contributed by atoms with Crippen LogP contribution in [0, 0.1) is 5.82 Å². The number of fused-ring (bicyclic) bond motifs is 1. The Bertz CT molecular complexity index is 1320. The Kier molecular flexibility index (Phi) is 4.21. The Balaban J connectivity index is 1.57. The van der Waals surface area contributed by atoms with Crippen LogP contribution in [0.5, 0.6) is 5.88 Å². The lowest BCUT2D eigenvalue weighted by Crippen LogP contribution is -2.47. The molecule has 0 aliphatic carbocycles. The number of benzene rings is 2.